The topological polar surface area (TPSA) is 33.1 Å². The van der Waals surface area contributed by atoms with E-state index < -0.39 is 12.1 Å². The van der Waals surface area contributed by atoms with Gasteiger partial charge in [-0.2, -0.15) is 4.39 Å². The quantitative estimate of drug-likeness (QED) is 0.827. The van der Waals surface area contributed by atoms with Crippen LogP contribution in [0.15, 0.2) is 0 Å². The van der Waals surface area contributed by atoms with Crippen LogP contribution in [0.1, 0.15) is 62.6 Å². The average Bonchev–Trinajstić information content (AvgIpc) is 2.24. The van der Waals surface area contributed by atoms with Crippen molar-refractivity contribution in [3.05, 3.63) is 28.3 Å². The van der Waals surface area contributed by atoms with E-state index in [4.69, 9.17) is 0 Å². The summed E-state index contributed by atoms with van der Waals surface area (Å²) >= 11 is 0. The summed E-state index contributed by atoms with van der Waals surface area (Å²) in [6.07, 6.45) is 0.00155. The molecule has 0 aliphatic rings. The molecular weight excluding hydrogens is 241 g/mol. The number of hydrogen-bond acceptors (Lipinski definition) is 2. The number of aliphatic hydroxyl groups excluding tert-OH is 1. The summed E-state index contributed by atoms with van der Waals surface area (Å²) in [4.78, 5) is 3.92. The third-order valence-corrected chi connectivity index (χ3v) is 3.95. The van der Waals surface area contributed by atoms with Gasteiger partial charge < -0.3 is 5.11 Å². The van der Waals surface area contributed by atoms with E-state index in [-0.39, 0.29) is 5.41 Å². The Morgan fingerprint density at radius 2 is 1.68 bits per heavy atom. The van der Waals surface area contributed by atoms with Crippen molar-refractivity contribution in [2.24, 2.45) is 11.3 Å². The largest absolute Gasteiger partial charge is 0.388 e. The van der Waals surface area contributed by atoms with Crippen LogP contribution >= 0.6 is 0 Å². The molecule has 0 aromatic carbocycles. The Labute approximate surface area is 116 Å². The van der Waals surface area contributed by atoms with Crippen molar-refractivity contribution < 1.29 is 9.50 Å². The molecule has 0 amide bonds. The molecule has 0 saturated carbocycles. The lowest BCUT2D eigenvalue weighted by Crippen LogP contribution is -2.26. The lowest BCUT2D eigenvalue weighted by atomic mass is 9.75. The number of rotatable bonds is 4. The summed E-state index contributed by atoms with van der Waals surface area (Å²) in [5.41, 5.74) is 2.44. The van der Waals surface area contributed by atoms with Crippen LogP contribution in [0.4, 0.5) is 4.39 Å². The van der Waals surface area contributed by atoms with Gasteiger partial charge in [0.1, 0.15) is 0 Å². The fourth-order valence-corrected chi connectivity index (χ4v) is 2.79. The van der Waals surface area contributed by atoms with Crippen molar-refractivity contribution in [2.75, 3.05) is 0 Å². The second-order valence-corrected chi connectivity index (χ2v) is 6.64. The van der Waals surface area contributed by atoms with Gasteiger partial charge in [0.2, 0.25) is 5.95 Å². The molecule has 2 nitrogen and oxygen atoms in total. The molecule has 1 aromatic heterocycles. The second kappa shape index (κ2) is 5.58. The van der Waals surface area contributed by atoms with Gasteiger partial charge in [-0.3, -0.25) is 0 Å². The monoisotopic (exact) mass is 267 g/mol. The molecule has 19 heavy (non-hydrogen) atoms. The summed E-state index contributed by atoms with van der Waals surface area (Å²) in [5, 5.41) is 10.6. The molecular formula is C16H26FNO. The van der Waals surface area contributed by atoms with Crippen molar-refractivity contribution in [1.82, 2.24) is 4.98 Å². The molecule has 1 unspecified atom stereocenters. The molecule has 0 bridgehead atoms. The minimum Gasteiger partial charge on any atom is -0.388 e. The van der Waals surface area contributed by atoms with Crippen LogP contribution in [-0.2, 0) is 0 Å². The van der Waals surface area contributed by atoms with Gasteiger partial charge in [0.25, 0.3) is 0 Å². The van der Waals surface area contributed by atoms with Gasteiger partial charge in [0.05, 0.1) is 6.10 Å². The first kappa shape index (κ1) is 16.1. The van der Waals surface area contributed by atoms with E-state index in [1.165, 1.54) is 0 Å². The Hall–Kier alpha value is -0.960. The highest BCUT2D eigenvalue weighted by atomic mass is 19.1. The van der Waals surface area contributed by atoms with Gasteiger partial charge in [0, 0.05) is 11.3 Å². The van der Waals surface area contributed by atoms with Crippen LogP contribution < -0.4 is 0 Å². The normalized spacial score (nSPS) is 14.0. The second-order valence-electron chi connectivity index (χ2n) is 6.64. The predicted octanol–water partition coefficient (Wildman–Crippen LogP) is 4.25. The van der Waals surface area contributed by atoms with E-state index >= 15 is 0 Å². The Morgan fingerprint density at radius 1 is 1.16 bits per heavy atom. The summed E-state index contributed by atoms with van der Waals surface area (Å²) in [7, 11) is 0. The standard InChI is InChI=1S/C16H26FNO/c1-9(2)8-16(6,7)14(19)13-11(4)10(3)12(5)18-15(13)17/h9,14,19H,8H2,1-7H3. The maximum Gasteiger partial charge on any atom is 0.219 e. The van der Waals surface area contributed by atoms with Gasteiger partial charge in [-0.05, 0) is 49.7 Å². The van der Waals surface area contributed by atoms with Crippen LogP contribution in [0, 0.1) is 38.1 Å². The van der Waals surface area contributed by atoms with Gasteiger partial charge >= 0.3 is 0 Å². The summed E-state index contributed by atoms with van der Waals surface area (Å²) < 4.78 is 14.1. The van der Waals surface area contributed by atoms with Gasteiger partial charge in [-0.25, -0.2) is 4.98 Å². The predicted molar refractivity (Wildman–Crippen MR) is 76.6 cm³/mol. The first-order valence-corrected chi connectivity index (χ1v) is 6.89. The Bertz CT molecular complexity index is 466. The zero-order valence-corrected chi connectivity index (χ0v) is 13.1. The molecule has 108 valence electrons. The molecule has 0 radical (unpaired) electrons. The molecule has 1 aromatic rings. The first-order valence-electron chi connectivity index (χ1n) is 6.89. The molecule has 0 aliphatic carbocycles. The van der Waals surface area contributed by atoms with Crippen molar-refractivity contribution >= 4 is 0 Å². The van der Waals surface area contributed by atoms with E-state index in [0.717, 1.165) is 17.5 Å². The fourth-order valence-electron chi connectivity index (χ4n) is 2.79. The van der Waals surface area contributed by atoms with E-state index in [9.17, 15) is 9.50 Å². The fraction of sp³-hybridized carbons (Fsp3) is 0.688. The van der Waals surface area contributed by atoms with Crippen LogP contribution in [0.3, 0.4) is 0 Å². The first-order chi connectivity index (χ1) is 8.58. The zero-order chi connectivity index (χ0) is 15.0. The number of hydrogen-bond donors (Lipinski definition) is 1. The number of halogens is 1. The molecule has 3 heteroatoms. The smallest absolute Gasteiger partial charge is 0.219 e. The molecule has 1 rings (SSSR count). The van der Waals surface area contributed by atoms with Crippen LogP contribution in [-0.4, -0.2) is 10.1 Å². The Morgan fingerprint density at radius 3 is 2.16 bits per heavy atom. The zero-order valence-electron chi connectivity index (χ0n) is 13.1. The van der Waals surface area contributed by atoms with Crippen molar-refractivity contribution in [1.29, 1.82) is 0 Å². The van der Waals surface area contributed by atoms with E-state index in [1.807, 2.05) is 27.7 Å². The molecule has 0 aliphatic heterocycles. The third kappa shape index (κ3) is 3.33. The van der Waals surface area contributed by atoms with E-state index in [0.29, 0.717) is 17.2 Å². The molecule has 1 atom stereocenters. The van der Waals surface area contributed by atoms with Crippen LogP contribution in [0.2, 0.25) is 0 Å². The number of nitrogens with zero attached hydrogens (tertiary/aromatic N) is 1. The lowest BCUT2D eigenvalue weighted by molar-refractivity contribution is 0.0302. The Balaban J connectivity index is 3.27. The molecule has 1 N–H and O–H groups in total. The van der Waals surface area contributed by atoms with E-state index in [1.54, 1.807) is 6.92 Å². The number of aromatic nitrogens is 1. The van der Waals surface area contributed by atoms with Crippen LogP contribution in [0.5, 0.6) is 0 Å². The molecule has 1 heterocycles. The summed E-state index contributed by atoms with van der Waals surface area (Å²) in [6.45, 7) is 13.7. The molecule has 0 saturated heterocycles. The third-order valence-electron chi connectivity index (χ3n) is 3.95. The van der Waals surface area contributed by atoms with Crippen molar-refractivity contribution in [3.63, 3.8) is 0 Å². The van der Waals surface area contributed by atoms with Crippen molar-refractivity contribution in [2.45, 2.75) is 61.0 Å². The van der Waals surface area contributed by atoms with Gasteiger partial charge in [-0.1, -0.05) is 27.7 Å². The minimum atomic E-state index is -0.832. The highest BCUT2D eigenvalue weighted by Gasteiger charge is 2.33. The number of pyridine rings is 1. The maximum atomic E-state index is 14.1. The SMILES string of the molecule is Cc1nc(F)c(C(O)C(C)(C)CC(C)C)c(C)c1C. The number of aryl methyl sites for hydroxylation is 1. The maximum absolute atomic E-state index is 14.1. The average molecular weight is 267 g/mol. The highest BCUT2D eigenvalue weighted by Crippen LogP contribution is 2.41. The minimum absolute atomic E-state index is 0.355. The summed E-state index contributed by atoms with van der Waals surface area (Å²) in [6, 6.07) is 0. The molecule has 0 spiro atoms. The lowest BCUT2D eigenvalue weighted by Gasteiger charge is -2.33. The van der Waals surface area contributed by atoms with Crippen molar-refractivity contribution in [3.8, 4) is 0 Å². The van der Waals surface area contributed by atoms with Gasteiger partial charge in [0.15, 0.2) is 0 Å². The van der Waals surface area contributed by atoms with Crippen LogP contribution in [0.25, 0.3) is 0 Å². The molecule has 0 fully saturated rings. The highest BCUT2D eigenvalue weighted by molar-refractivity contribution is 5.36. The summed E-state index contributed by atoms with van der Waals surface area (Å²) in [5.74, 6) is -0.0857. The Kier molecular flexibility index (Phi) is 4.72. The van der Waals surface area contributed by atoms with Gasteiger partial charge in [-0.15, -0.1) is 0 Å². The number of aliphatic hydroxyl groups is 1. The van der Waals surface area contributed by atoms with E-state index in [2.05, 4.69) is 18.8 Å².